The first-order chi connectivity index (χ1) is 17.3. The summed E-state index contributed by atoms with van der Waals surface area (Å²) >= 11 is 6.56. The molecular formula is C24H25Cl2F3N6O2. The van der Waals surface area contributed by atoms with Crippen molar-refractivity contribution in [1.82, 2.24) is 24.5 Å². The van der Waals surface area contributed by atoms with Gasteiger partial charge in [-0.2, -0.15) is 13.2 Å². The Hall–Kier alpha value is -2.70. The Morgan fingerprint density at radius 1 is 1.14 bits per heavy atom. The zero-order valence-electron chi connectivity index (χ0n) is 19.8. The molecule has 3 aromatic heterocycles. The van der Waals surface area contributed by atoms with Crippen molar-refractivity contribution in [2.24, 2.45) is 5.73 Å². The summed E-state index contributed by atoms with van der Waals surface area (Å²) in [5.41, 5.74) is 7.27. The number of aromatic nitrogens is 4. The van der Waals surface area contributed by atoms with E-state index in [1.54, 1.807) is 19.2 Å². The molecule has 0 radical (unpaired) electrons. The van der Waals surface area contributed by atoms with Gasteiger partial charge in [-0.05, 0) is 36.2 Å². The number of nitrogens with zero attached hydrogens (tertiary/aromatic N) is 5. The van der Waals surface area contributed by atoms with Gasteiger partial charge in [0.1, 0.15) is 29.1 Å². The summed E-state index contributed by atoms with van der Waals surface area (Å²) in [5, 5.41) is 9.43. The van der Waals surface area contributed by atoms with Gasteiger partial charge in [0, 0.05) is 37.8 Å². The highest BCUT2D eigenvalue weighted by Crippen LogP contribution is 2.40. The molecule has 13 heteroatoms. The van der Waals surface area contributed by atoms with Gasteiger partial charge in [-0.15, -0.1) is 22.6 Å². The van der Waals surface area contributed by atoms with Crippen LogP contribution in [0.15, 0.2) is 42.6 Å². The molecule has 1 aromatic carbocycles. The molecule has 0 bridgehead atoms. The number of hydrogen-bond donors (Lipinski definition) is 1. The number of rotatable bonds is 7. The molecule has 1 aliphatic heterocycles. The summed E-state index contributed by atoms with van der Waals surface area (Å²) in [6.07, 6.45) is -2.53. The van der Waals surface area contributed by atoms with Crippen LogP contribution in [0.2, 0.25) is 5.02 Å². The Bertz CT molecular complexity index is 1400. The average Bonchev–Trinajstić information content (AvgIpc) is 3.46. The average molecular weight is 557 g/mol. The van der Waals surface area contributed by atoms with E-state index in [1.807, 2.05) is 12.1 Å². The molecule has 4 heterocycles. The first-order valence-electron chi connectivity index (χ1n) is 11.4. The molecule has 0 saturated carbocycles. The minimum absolute atomic E-state index is 0. The topological polar surface area (TPSA) is 90.8 Å². The van der Waals surface area contributed by atoms with Crippen molar-refractivity contribution in [3.8, 4) is 17.3 Å². The largest absolute Gasteiger partial charge is 0.490 e. The Labute approximate surface area is 221 Å². The smallest absolute Gasteiger partial charge is 0.408 e. The number of benzene rings is 1. The molecule has 4 aromatic rings. The maximum absolute atomic E-state index is 14.1. The van der Waals surface area contributed by atoms with Crippen molar-refractivity contribution in [1.29, 1.82) is 0 Å². The number of methoxy groups -OCH3 is 1. The SMILES string of the molecule is COCCOc1ccc2ccc(-c3nnc4ccc([C@@H](N5CC[C@H](N)C5)C(F)(F)F)cn34)nc2c1Cl.Cl. The third-order valence-corrected chi connectivity index (χ3v) is 6.58. The Kier molecular flexibility index (Phi) is 8.10. The predicted octanol–water partition coefficient (Wildman–Crippen LogP) is 4.68. The number of likely N-dealkylation sites (tertiary alicyclic amines) is 1. The van der Waals surface area contributed by atoms with E-state index < -0.39 is 12.2 Å². The van der Waals surface area contributed by atoms with E-state index in [4.69, 9.17) is 26.8 Å². The first kappa shape index (κ1) is 27.3. The predicted molar refractivity (Wildman–Crippen MR) is 136 cm³/mol. The van der Waals surface area contributed by atoms with Crippen LogP contribution >= 0.6 is 24.0 Å². The van der Waals surface area contributed by atoms with Crippen LogP contribution in [0.3, 0.4) is 0 Å². The zero-order valence-corrected chi connectivity index (χ0v) is 21.4. The zero-order chi connectivity index (χ0) is 25.4. The minimum atomic E-state index is -4.47. The quantitative estimate of drug-likeness (QED) is 0.330. The summed E-state index contributed by atoms with van der Waals surface area (Å²) < 4.78 is 54.6. The second-order valence-electron chi connectivity index (χ2n) is 8.69. The van der Waals surface area contributed by atoms with E-state index in [2.05, 4.69) is 15.2 Å². The fourth-order valence-electron chi connectivity index (χ4n) is 4.51. The molecule has 0 amide bonds. The Balaban J connectivity index is 0.00000320. The summed E-state index contributed by atoms with van der Waals surface area (Å²) in [7, 11) is 1.57. The van der Waals surface area contributed by atoms with Crippen molar-refractivity contribution in [3.63, 3.8) is 0 Å². The molecule has 2 N–H and O–H groups in total. The monoisotopic (exact) mass is 556 g/mol. The van der Waals surface area contributed by atoms with E-state index in [1.165, 1.54) is 27.6 Å². The van der Waals surface area contributed by atoms with Gasteiger partial charge in [0.25, 0.3) is 0 Å². The van der Waals surface area contributed by atoms with E-state index in [0.717, 1.165) is 5.39 Å². The highest BCUT2D eigenvalue weighted by Gasteiger charge is 2.46. The maximum atomic E-state index is 14.1. The van der Waals surface area contributed by atoms with Crippen LogP contribution in [0.25, 0.3) is 28.1 Å². The summed E-state index contributed by atoms with van der Waals surface area (Å²) in [6.45, 7) is 1.17. The van der Waals surface area contributed by atoms with Crippen molar-refractivity contribution < 1.29 is 22.6 Å². The Morgan fingerprint density at radius 3 is 2.62 bits per heavy atom. The lowest BCUT2D eigenvalue weighted by atomic mass is 10.1. The lowest BCUT2D eigenvalue weighted by Gasteiger charge is -2.30. The van der Waals surface area contributed by atoms with Crippen LogP contribution in [0, 0.1) is 0 Å². The van der Waals surface area contributed by atoms with Gasteiger partial charge in [-0.25, -0.2) is 4.98 Å². The van der Waals surface area contributed by atoms with Gasteiger partial charge < -0.3 is 15.2 Å². The van der Waals surface area contributed by atoms with Crippen molar-refractivity contribution in [2.45, 2.75) is 24.7 Å². The molecule has 0 unspecified atom stereocenters. The molecule has 37 heavy (non-hydrogen) atoms. The van der Waals surface area contributed by atoms with Gasteiger partial charge in [0.15, 0.2) is 11.5 Å². The van der Waals surface area contributed by atoms with Crippen molar-refractivity contribution >= 4 is 40.6 Å². The second kappa shape index (κ2) is 11.0. The van der Waals surface area contributed by atoms with Gasteiger partial charge in [-0.3, -0.25) is 9.30 Å². The van der Waals surface area contributed by atoms with Crippen molar-refractivity contribution in [3.05, 3.63) is 53.2 Å². The lowest BCUT2D eigenvalue weighted by molar-refractivity contribution is -0.183. The van der Waals surface area contributed by atoms with Crippen LogP contribution in [-0.2, 0) is 4.74 Å². The van der Waals surface area contributed by atoms with Crippen LogP contribution in [0.4, 0.5) is 13.2 Å². The third kappa shape index (κ3) is 5.46. The molecule has 0 aliphatic carbocycles. The Morgan fingerprint density at radius 2 is 1.92 bits per heavy atom. The fourth-order valence-corrected chi connectivity index (χ4v) is 4.78. The molecule has 198 valence electrons. The number of nitrogens with two attached hydrogens (primary N) is 1. The van der Waals surface area contributed by atoms with Crippen molar-refractivity contribution in [2.75, 3.05) is 33.4 Å². The van der Waals surface area contributed by atoms with E-state index in [9.17, 15) is 13.2 Å². The number of halogens is 5. The summed E-state index contributed by atoms with van der Waals surface area (Å²) in [4.78, 5) is 6.02. The van der Waals surface area contributed by atoms with Crippen LogP contribution in [0.1, 0.15) is 18.0 Å². The van der Waals surface area contributed by atoms with Gasteiger partial charge in [0.2, 0.25) is 0 Å². The summed E-state index contributed by atoms with van der Waals surface area (Å²) in [5.74, 6) is 0.755. The molecule has 2 atom stereocenters. The highest BCUT2D eigenvalue weighted by molar-refractivity contribution is 6.36. The van der Waals surface area contributed by atoms with E-state index >= 15 is 0 Å². The fraction of sp³-hybridized carbons (Fsp3) is 0.375. The molecule has 1 aliphatic rings. The normalized spacial score (nSPS) is 17.3. The first-order valence-corrected chi connectivity index (χ1v) is 11.8. The standard InChI is InChI=1S/C24H24ClF3N6O2.ClH/c1-35-10-11-36-18-6-3-14-2-5-17(30-21(14)20(18)25)23-32-31-19-7-4-15(12-34(19)23)22(24(26,27)28)33-9-8-16(29)13-33;/h2-7,12,16,22H,8-11,13,29H2,1H3;1H/t16-,22+;/m0./s1. The molecule has 1 saturated heterocycles. The minimum Gasteiger partial charge on any atom is -0.490 e. The third-order valence-electron chi connectivity index (χ3n) is 6.21. The second-order valence-corrected chi connectivity index (χ2v) is 9.07. The number of pyridine rings is 2. The van der Waals surface area contributed by atoms with E-state index in [-0.39, 0.29) is 37.1 Å². The number of hydrogen-bond acceptors (Lipinski definition) is 7. The number of alkyl halides is 3. The molecule has 8 nitrogen and oxygen atoms in total. The highest BCUT2D eigenvalue weighted by atomic mass is 35.5. The van der Waals surface area contributed by atoms with Gasteiger partial charge in [0.05, 0.1) is 12.1 Å². The van der Waals surface area contributed by atoms with E-state index in [0.29, 0.717) is 53.1 Å². The van der Waals surface area contributed by atoms with Crippen LogP contribution in [-0.4, -0.2) is 70.1 Å². The summed E-state index contributed by atoms with van der Waals surface area (Å²) in [6, 6.07) is 8.03. The molecule has 0 spiro atoms. The molecule has 5 rings (SSSR count). The maximum Gasteiger partial charge on any atom is 0.408 e. The molecule has 1 fully saturated rings. The van der Waals surface area contributed by atoms with Crippen LogP contribution in [0.5, 0.6) is 5.75 Å². The number of fused-ring (bicyclic) bond motifs is 2. The molecular weight excluding hydrogens is 532 g/mol. The van der Waals surface area contributed by atoms with Gasteiger partial charge in [-0.1, -0.05) is 23.7 Å². The van der Waals surface area contributed by atoms with Crippen LogP contribution < -0.4 is 10.5 Å². The number of ether oxygens (including phenoxy) is 2. The van der Waals surface area contributed by atoms with Gasteiger partial charge >= 0.3 is 6.18 Å². The lowest BCUT2D eigenvalue weighted by Crippen LogP contribution is -2.38.